The molecule has 6 nitrogen and oxygen atoms in total. The summed E-state index contributed by atoms with van der Waals surface area (Å²) < 4.78 is 59.8. The summed E-state index contributed by atoms with van der Waals surface area (Å²) in [4.78, 5) is 12.5. The molecule has 9 heteroatoms. The number of rotatable bonds is 6. The summed E-state index contributed by atoms with van der Waals surface area (Å²) in [5, 5.41) is 2.55. The van der Waals surface area contributed by atoms with Crippen molar-refractivity contribution in [1.29, 1.82) is 0 Å². The van der Waals surface area contributed by atoms with Gasteiger partial charge in [0.2, 0.25) is 10.0 Å². The quantitative estimate of drug-likeness (QED) is 0.750. The van der Waals surface area contributed by atoms with Crippen LogP contribution < -0.4 is 10.1 Å². The minimum atomic E-state index is -3.86. The molecule has 0 saturated carbocycles. The monoisotopic (exact) mass is 438 g/mol. The molecule has 1 fully saturated rings. The molecule has 0 radical (unpaired) electrons. The first-order valence-corrected chi connectivity index (χ1v) is 11.1. The Hall–Kier alpha value is -2.52. The van der Waals surface area contributed by atoms with Crippen LogP contribution in [0.5, 0.6) is 5.75 Å². The number of nitrogens with one attached hydrogen (secondary N) is 1. The number of carbonyl (C=O) groups is 1. The number of nitrogens with zero attached hydrogens (tertiary/aromatic N) is 1. The number of sulfonamides is 1. The predicted molar refractivity (Wildman–Crippen MR) is 108 cm³/mol. The maximum absolute atomic E-state index is 13.3. The topological polar surface area (TPSA) is 75.7 Å². The molecule has 1 amide bonds. The molecule has 1 unspecified atom stereocenters. The van der Waals surface area contributed by atoms with Gasteiger partial charge in [0.05, 0.1) is 7.11 Å². The Morgan fingerprint density at radius 1 is 1.17 bits per heavy atom. The first kappa shape index (κ1) is 22.2. The lowest BCUT2D eigenvalue weighted by Gasteiger charge is -2.32. The largest absolute Gasteiger partial charge is 0.495 e. The molecule has 162 valence electrons. The van der Waals surface area contributed by atoms with Crippen molar-refractivity contribution in [1.82, 2.24) is 9.62 Å². The molecule has 1 saturated heterocycles. The number of methoxy groups -OCH3 is 1. The zero-order chi connectivity index (χ0) is 21.9. The maximum Gasteiger partial charge on any atom is 0.251 e. The van der Waals surface area contributed by atoms with Crippen molar-refractivity contribution in [3.63, 3.8) is 0 Å². The average Bonchev–Trinajstić information content (AvgIpc) is 2.71. The van der Waals surface area contributed by atoms with Crippen molar-refractivity contribution in [3.8, 4) is 5.75 Å². The Morgan fingerprint density at radius 2 is 1.87 bits per heavy atom. The summed E-state index contributed by atoms with van der Waals surface area (Å²) >= 11 is 0. The third kappa shape index (κ3) is 4.79. The maximum atomic E-state index is 13.3. The van der Waals surface area contributed by atoms with Crippen LogP contribution in [0.15, 0.2) is 41.3 Å². The fourth-order valence-electron chi connectivity index (χ4n) is 3.57. The van der Waals surface area contributed by atoms with Crippen LogP contribution in [0.1, 0.15) is 42.1 Å². The first-order valence-electron chi connectivity index (χ1n) is 9.65. The van der Waals surface area contributed by atoms with Crippen LogP contribution in [0, 0.1) is 11.6 Å². The van der Waals surface area contributed by atoms with E-state index in [0.29, 0.717) is 6.54 Å². The van der Waals surface area contributed by atoms with Crippen molar-refractivity contribution < 1.29 is 26.7 Å². The second kappa shape index (κ2) is 9.09. The van der Waals surface area contributed by atoms with E-state index >= 15 is 0 Å². The van der Waals surface area contributed by atoms with Gasteiger partial charge in [0, 0.05) is 30.8 Å². The first-order chi connectivity index (χ1) is 14.2. The van der Waals surface area contributed by atoms with Gasteiger partial charge in [0.25, 0.3) is 5.91 Å². The van der Waals surface area contributed by atoms with Gasteiger partial charge in [-0.1, -0.05) is 6.42 Å². The number of halogens is 2. The molecule has 1 aliphatic heterocycles. The lowest BCUT2D eigenvalue weighted by Crippen LogP contribution is -2.42. The fourth-order valence-corrected chi connectivity index (χ4v) is 5.45. The number of amides is 1. The molecule has 3 rings (SSSR count). The highest BCUT2D eigenvalue weighted by Gasteiger charge is 2.33. The lowest BCUT2D eigenvalue weighted by atomic mass is 10.1. The van der Waals surface area contributed by atoms with Gasteiger partial charge >= 0.3 is 0 Å². The standard InChI is InChI=1S/C21H24F2N2O4S/c1-14-5-3-4-8-25(14)30(27,28)20-11-16(6-7-19(20)29-2)21(26)24-13-15-9-17(22)12-18(23)10-15/h6-7,9-12,14H,3-5,8,13H2,1-2H3,(H,24,26). The number of hydrogen-bond acceptors (Lipinski definition) is 4. The molecule has 1 heterocycles. The molecule has 1 N–H and O–H groups in total. The fraction of sp³-hybridized carbons (Fsp3) is 0.381. The highest BCUT2D eigenvalue weighted by molar-refractivity contribution is 7.89. The summed E-state index contributed by atoms with van der Waals surface area (Å²) in [5.41, 5.74) is 0.361. The number of hydrogen-bond donors (Lipinski definition) is 1. The highest BCUT2D eigenvalue weighted by atomic mass is 32.2. The molecule has 2 aromatic carbocycles. The van der Waals surface area contributed by atoms with Crippen LogP contribution in [-0.4, -0.2) is 38.3 Å². The second-order valence-electron chi connectivity index (χ2n) is 7.29. The van der Waals surface area contributed by atoms with Gasteiger partial charge in [-0.25, -0.2) is 17.2 Å². The predicted octanol–water partition coefficient (Wildman–Crippen LogP) is 3.47. The summed E-state index contributed by atoms with van der Waals surface area (Å²) in [5.74, 6) is -1.90. The summed E-state index contributed by atoms with van der Waals surface area (Å²) in [7, 11) is -2.49. The van der Waals surface area contributed by atoms with Gasteiger partial charge in [0.15, 0.2) is 0 Å². The van der Waals surface area contributed by atoms with Crippen LogP contribution >= 0.6 is 0 Å². The van der Waals surface area contributed by atoms with E-state index in [0.717, 1.165) is 37.5 Å². The minimum absolute atomic E-state index is 0.0804. The molecule has 0 spiro atoms. The number of carbonyl (C=O) groups excluding carboxylic acids is 1. The Kier molecular flexibility index (Phi) is 6.72. The van der Waals surface area contributed by atoms with E-state index in [1.165, 1.54) is 29.6 Å². The van der Waals surface area contributed by atoms with Crippen LogP contribution in [0.4, 0.5) is 8.78 Å². The summed E-state index contributed by atoms with van der Waals surface area (Å²) in [6.07, 6.45) is 2.51. The molecule has 30 heavy (non-hydrogen) atoms. The van der Waals surface area contributed by atoms with Crippen molar-refractivity contribution >= 4 is 15.9 Å². The molecule has 0 aliphatic carbocycles. The van der Waals surface area contributed by atoms with E-state index in [9.17, 15) is 22.0 Å². The molecule has 1 aliphatic rings. The summed E-state index contributed by atoms with van der Waals surface area (Å²) in [6.45, 7) is 2.16. The Labute approximate surface area is 174 Å². The second-order valence-corrected chi connectivity index (χ2v) is 9.15. The Bertz CT molecular complexity index is 1020. The lowest BCUT2D eigenvalue weighted by molar-refractivity contribution is 0.0950. The highest BCUT2D eigenvalue weighted by Crippen LogP contribution is 2.31. The molecule has 0 aromatic heterocycles. The van der Waals surface area contributed by atoms with Crippen LogP contribution in [0.3, 0.4) is 0 Å². The van der Waals surface area contributed by atoms with Crippen LogP contribution in [-0.2, 0) is 16.6 Å². The summed E-state index contributed by atoms with van der Waals surface area (Å²) in [6, 6.07) is 6.98. The number of ether oxygens (including phenoxy) is 1. The molecule has 2 aromatic rings. The van der Waals surface area contributed by atoms with Gasteiger partial charge in [-0.05, 0) is 55.7 Å². The Morgan fingerprint density at radius 3 is 2.50 bits per heavy atom. The molecule has 0 bridgehead atoms. The van der Waals surface area contributed by atoms with Gasteiger partial charge in [-0.2, -0.15) is 4.31 Å². The van der Waals surface area contributed by atoms with Crippen LogP contribution in [0.2, 0.25) is 0 Å². The third-order valence-corrected chi connectivity index (χ3v) is 7.16. The Balaban J connectivity index is 1.85. The normalized spacial score (nSPS) is 17.5. The van der Waals surface area contributed by atoms with Gasteiger partial charge < -0.3 is 10.1 Å². The van der Waals surface area contributed by atoms with E-state index in [-0.39, 0.29) is 34.4 Å². The van der Waals surface area contributed by atoms with Crippen molar-refractivity contribution in [2.24, 2.45) is 0 Å². The van der Waals surface area contributed by atoms with Crippen LogP contribution in [0.25, 0.3) is 0 Å². The zero-order valence-corrected chi connectivity index (χ0v) is 17.6. The zero-order valence-electron chi connectivity index (χ0n) is 16.8. The van der Waals surface area contributed by atoms with E-state index < -0.39 is 27.6 Å². The molecular weight excluding hydrogens is 414 g/mol. The van der Waals surface area contributed by atoms with E-state index in [2.05, 4.69) is 5.32 Å². The molecular formula is C21H24F2N2O4S. The van der Waals surface area contributed by atoms with E-state index in [4.69, 9.17) is 4.74 Å². The smallest absolute Gasteiger partial charge is 0.251 e. The SMILES string of the molecule is COc1ccc(C(=O)NCc2cc(F)cc(F)c2)cc1S(=O)(=O)N1CCCCC1C. The van der Waals surface area contributed by atoms with Gasteiger partial charge in [-0.3, -0.25) is 4.79 Å². The van der Waals surface area contributed by atoms with Crippen molar-refractivity contribution in [2.45, 2.75) is 43.7 Å². The van der Waals surface area contributed by atoms with Crippen molar-refractivity contribution in [2.75, 3.05) is 13.7 Å². The minimum Gasteiger partial charge on any atom is -0.495 e. The van der Waals surface area contributed by atoms with Crippen molar-refractivity contribution in [3.05, 3.63) is 59.2 Å². The molecule has 1 atom stereocenters. The number of benzene rings is 2. The average molecular weight is 438 g/mol. The van der Waals surface area contributed by atoms with E-state index in [1.807, 2.05) is 6.92 Å². The number of piperidine rings is 1. The van der Waals surface area contributed by atoms with E-state index in [1.54, 1.807) is 0 Å². The van der Waals surface area contributed by atoms with Gasteiger partial charge in [0.1, 0.15) is 22.3 Å². The van der Waals surface area contributed by atoms with Gasteiger partial charge in [-0.15, -0.1) is 0 Å². The third-order valence-electron chi connectivity index (χ3n) is 5.13.